The summed E-state index contributed by atoms with van der Waals surface area (Å²) in [5, 5.41) is 6.41. The number of rotatable bonds is 9. The van der Waals surface area contributed by atoms with E-state index in [4.69, 9.17) is 10.5 Å². The van der Waals surface area contributed by atoms with E-state index in [0.29, 0.717) is 13.2 Å². The highest BCUT2D eigenvalue weighted by Gasteiger charge is 1.86. The maximum Gasteiger partial charge on any atom is 0.0590 e. The Morgan fingerprint density at radius 1 is 1.08 bits per heavy atom. The highest BCUT2D eigenvalue weighted by molar-refractivity contribution is 4.51. The second-order valence-electron chi connectivity index (χ2n) is 2.40. The Hall–Kier alpha value is -0.160. The van der Waals surface area contributed by atoms with Crippen LogP contribution in [0.4, 0.5) is 0 Å². The van der Waals surface area contributed by atoms with E-state index < -0.39 is 0 Å². The van der Waals surface area contributed by atoms with Crippen LogP contribution >= 0.6 is 0 Å². The molecule has 73 valence electrons. The van der Waals surface area contributed by atoms with Crippen molar-refractivity contribution in [2.24, 2.45) is 5.73 Å². The van der Waals surface area contributed by atoms with Gasteiger partial charge in [-0.15, -0.1) is 0 Å². The van der Waals surface area contributed by atoms with Gasteiger partial charge in [0, 0.05) is 39.3 Å². The average Bonchev–Trinajstić information content (AvgIpc) is 2.10. The minimum Gasteiger partial charge on any atom is -0.380 e. The zero-order valence-corrected chi connectivity index (χ0v) is 7.64. The van der Waals surface area contributed by atoms with Crippen molar-refractivity contribution < 1.29 is 4.74 Å². The molecule has 4 nitrogen and oxygen atoms in total. The molecule has 0 bridgehead atoms. The van der Waals surface area contributed by atoms with Gasteiger partial charge in [-0.2, -0.15) is 0 Å². The lowest BCUT2D eigenvalue weighted by atomic mass is 10.5. The van der Waals surface area contributed by atoms with E-state index in [9.17, 15) is 0 Å². The fraction of sp³-hybridized carbons (Fsp3) is 0.875. The summed E-state index contributed by atoms with van der Waals surface area (Å²) in [5.41, 5.74) is 5.30. The van der Waals surface area contributed by atoms with Crippen LogP contribution in [-0.4, -0.2) is 45.9 Å². The summed E-state index contributed by atoms with van der Waals surface area (Å²) in [6.07, 6.45) is 0. The molecule has 0 saturated carbocycles. The van der Waals surface area contributed by atoms with Crippen LogP contribution in [0.5, 0.6) is 0 Å². The molecular weight excluding hydrogens is 154 g/mol. The van der Waals surface area contributed by atoms with Crippen molar-refractivity contribution >= 4 is 0 Å². The number of nitrogens with two attached hydrogens (primary N) is 1. The van der Waals surface area contributed by atoms with E-state index in [1.807, 2.05) is 0 Å². The zero-order valence-electron chi connectivity index (χ0n) is 7.64. The summed E-state index contributed by atoms with van der Waals surface area (Å²) < 4.78 is 5.05. The van der Waals surface area contributed by atoms with Gasteiger partial charge in [-0.05, 0) is 6.92 Å². The summed E-state index contributed by atoms with van der Waals surface area (Å²) >= 11 is 0. The average molecular weight is 174 g/mol. The Balaban J connectivity index is 2.73. The van der Waals surface area contributed by atoms with Gasteiger partial charge in [0.2, 0.25) is 0 Å². The highest BCUT2D eigenvalue weighted by atomic mass is 16.5. The second-order valence-corrected chi connectivity index (χ2v) is 2.40. The van der Waals surface area contributed by atoms with E-state index >= 15 is 0 Å². The van der Waals surface area contributed by atoms with Gasteiger partial charge in [0.15, 0.2) is 0 Å². The molecule has 1 radical (unpaired) electrons. The Kier molecular flexibility index (Phi) is 10.7. The van der Waals surface area contributed by atoms with Crippen LogP contribution in [0.1, 0.15) is 0 Å². The molecule has 0 aliphatic heterocycles. The fourth-order valence-corrected chi connectivity index (χ4v) is 0.775. The molecule has 0 heterocycles. The van der Waals surface area contributed by atoms with Gasteiger partial charge in [-0.25, -0.2) is 0 Å². The number of hydrogen-bond acceptors (Lipinski definition) is 4. The predicted molar refractivity (Wildman–Crippen MR) is 51.0 cm³/mol. The predicted octanol–water partition coefficient (Wildman–Crippen LogP) is -1.03. The maximum absolute atomic E-state index is 5.30. The standard InChI is InChI=1S/C8H20N3O/c1-2-12-8-7-11-6-5-10-4-3-9/h10-11H,1-9H2. The Bertz CT molecular complexity index is 70.7. The monoisotopic (exact) mass is 174 g/mol. The first kappa shape index (κ1) is 11.8. The number of hydrogen-bond donors (Lipinski definition) is 3. The van der Waals surface area contributed by atoms with Gasteiger partial charge in [-0.1, -0.05) is 0 Å². The lowest BCUT2D eigenvalue weighted by molar-refractivity contribution is 0.162. The molecule has 0 fully saturated rings. The Morgan fingerprint density at radius 3 is 2.33 bits per heavy atom. The molecule has 0 aliphatic rings. The highest BCUT2D eigenvalue weighted by Crippen LogP contribution is 1.69. The van der Waals surface area contributed by atoms with Crippen LogP contribution in [0.2, 0.25) is 0 Å². The van der Waals surface area contributed by atoms with Gasteiger partial charge >= 0.3 is 0 Å². The van der Waals surface area contributed by atoms with Crippen LogP contribution in [-0.2, 0) is 4.74 Å². The molecular formula is C8H20N3O. The molecule has 0 unspecified atom stereocenters. The smallest absolute Gasteiger partial charge is 0.0590 e. The van der Waals surface area contributed by atoms with Crippen LogP contribution in [0.25, 0.3) is 0 Å². The number of ether oxygens (including phenoxy) is 1. The first-order chi connectivity index (χ1) is 5.91. The molecule has 0 rings (SSSR count). The van der Waals surface area contributed by atoms with Crippen LogP contribution in [0.15, 0.2) is 0 Å². The van der Waals surface area contributed by atoms with Crippen LogP contribution in [0.3, 0.4) is 0 Å². The van der Waals surface area contributed by atoms with Crippen molar-refractivity contribution in [3.8, 4) is 0 Å². The molecule has 12 heavy (non-hydrogen) atoms. The van der Waals surface area contributed by atoms with Gasteiger partial charge in [0.25, 0.3) is 0 Å². The summed E-state index contributed by atoms with van der Waals surface area (Å²) in [6, 6.07) is 0. The van der Waals surface area contributed by atoms with E-state index in [1.165, 1.54) is 0 Å². The van der Waals surface area contributed by atoms with Crippen LogP contribution < -0.4 is 16.4 Å². The Labute approximate surface area is 74.8 Å². The first-order valence-corrected chi connectivity index (χ1v) is 4.40. The molecule has 0 aromatic rings. The van der Waals surface area contributed by atoms with E-state index in [2.05, 4.69) is 17.6 Å². The van der Waals surface area contributed by atoms with Gasteiger partial charge in [0.05, 0.1) is 6.61 Å². The van der Waals surface area contributed by atoms with Crippen molar-refractivity contribution in [3.63, 3.8) is 0 Å². The molecule has 0 atom stereocenters. The maximum atomic E-state index is 5.30. The molecule has 0 aliphatic carbocycles. The molecule has 4 N–H and O–H groups in total. The summed E-state index contributed by atoms with van der Waals surface area (Å²) in [7, 11) is 0. The summed E-state index contributed by atoms with van der Waals surface area (Å²) in [6.45, 7) is 9.25. The van der Waals surface area contributed by atoms with Gasteiger partial charge < -0.3 is 21.1 Å². The SMILES string of the molecule is [CH2]COCCNCCNCCN. The summed E-state index contributed by atoms with van der Waals surface area (Å²) in [5.74, 6) is 0. The first-order valence-electron chi connectivity index (χ1n) is 4.40. The molecule has 4 heteroatoms. The minimum atomic E-state index is 0.549. The molecule has 0 aromatic carbocycles. The fourth-order valence-electron chi connectivity index (χ4n) is 0.775. The van der Waals surface area contributed by atoms with Gasteiger partial charge in [-0.3, -0.25) is 0 Å². The largest absolute Gasteiger partial charge is 0.380 e. The van der Waals surface area contributed by atoms with Crippen molar-refractivity contribution in [2.75, 3.05) is 45.9 Å². The van der Waals surface area contributed by atoms with Crippen molar-refractivity contribution in [1.82, 2.24) is 10.6 Å². The van der Waals surface area contributed by atoms with Gasteiger partial charge in [0.1, 0.15) is 0 Å². The van der Waals surface area contributed by atoms with Crippen molar-refractivity contribution in [2.45, 2.75) is 0 Å². The normalized spacial score (nSPS) is 10.5. The lowest BCUT2D eigenvalue weighted by Crippen LogP contribution is -2.32. The Morgan fingerprint density at radius 2 is 1.75 bits per heavy atom. The third-order valence-corrected chi connectivity index (χ3v) is 1.37. The van der Waals surface area contributed by atoms with E-state index in [0.717, 1.165) is 32.8 Å². The van der Waals surface area contributed by atoms with Crippen molar-refractivity contribution in [1.29, 1.82) is 0 Å². The van der Waals surface area contributed by atoms with Crippen molar-refractivity contribution in [3.05, 3.63) is 6.92 Å². The number of nitrogens with one attached hydrogen (secondary N) is 2. The third-order valence-electron chi connectivity index (χ3n) is 1.37. The van der Waals surface area contributed by atoms with E-state index in [-0.39, 0.29) is 0 Å². The lowest BCUT2D eigenvalue weighted by Gasteiger charge is -2.05. The molecule has 0 saturated heterocycles. The second kappa shape index (κ2) is 10.8. The third kappa shape index (κ3) is 9.84. The zero-order chi connectivity index (χ0) is 9.07. The summed E-state index contributed by atoms with van der Waals surface area (Å²) in [4.78, 5) is 0. The molecule has 0 aromatic heterocycles. The quantitative estimate of drug-likeness (QED) is 0.391. The van der Waals surface area contributed by atoms with Crippen LogP contribution in [0, 0.1) is 6.92 Å². The minimum absolute atomic E-state index is 0.549. The molecule has 0 spiro atoms. The molecule has 0 amide bonds. The van der Waals surface area contributed by atoms with E-state index in [1.54, 1.807) is 0 Å². The topological polar surface area (TPSA) is 59.3 Å².